The van der Waals surface area contributed by atoms with Crippen LogP contribution in [0.2, 0.25) is 0 Å². The van der Waals surface area contributed by atoms with Gasteiger partial charge in [0.2, 0.25) is 0 Å². The summed E-state index contributed by atoms with van der Waals surface area (Å²) in [5.41, 5.74) is 2.19. The summed E-state index contributed by atoms with van der Waals surface area (Å²) in [4.78, 5) is 0. The monoisotopic (exact) mass is 268 g/mol. The molecular weight excluding hydrogens is 248 g/mol. The molecule has 0 fully saturated rings. The smallest absolute Gasteiger partial charge is 0.126 e. The maximum atomic E-state index is 5.06. The molecule has 0 spiro atoms. The third kappa shape index (κ3) is 5.44. The fraction of sp³-hybridized carbons (Fsp3) is 0.111. The summed E-state index contributed by atoms with van der Waals surface area (Å²) in [6, 6.07) is 17.8. The molecule has 2 rings (SSSR count). The Bertz CT molecular complexity index is 530. The van der Waals surface area contributed by atoms with Crippen molar-refractivity contribution in [1.29, 1.82) is 0 Å². The summed E-state index contributed by atoms with van der Waals surface area (Å²) < 4.78 is 9.83. The van der Waals surface area contributed by atoms with E-state index in [1.165, 1.54) is 0 Å². The van der Waals surface area contributed by atoms with E-state index < -0.39 is 0 Å². The quantitative estimate of drug-likeness (QED) is 0.752. The molecule has 0 aliphatic heterocycles. The molecule has 0 bridgehead atoms. The molecule has 2 aromatic carbocycles. The summed E-state index contributed by atoms with van der Waals surface area (Å²) >= 11 is 0. The van der Waals surface area contributed by atoms with E-state index in [-0.39, 0.29) is 0 Å². The first kappa shape index (κ1) is 15.6. The normalized spacial score (nSPS) is 9.50. The minimum absolute atomic E-state index is 0.873. The molecule has 0 unspecified atom stereocenters. The van der Waals surface area contributed by atoms with Gasteiger partial charge in [-0.15, -0.1) is 0 Å². The van der Waals surface area contributed by atoms with E-state index in [4.69, 9.17) is 9.47 Å². The molecule has 0 radical (unpaired) electrons. The van der Waals surface area contributed by atoms with Gasteiger partial charge in [0.05, 0.1) is 20.5 Å². The maximum absolute atomic E-state index is 5.06. The van der Waals surface area contributed by atoms with Crippen molar-refractivity contribution in [3.8, 4) is 5.75 Å². The fourth-order valence-corrected chi connectivity index (χ4v) is 1.55. The van der Waals surface area contributed by atoms with E-state index >= 15 is 0 Å². The predicted octanol–water partition coefficient (Wildman–Crippen LogP) is 4.64. The SMILES string of the molecule is C=Cc1ccccc1OC.COC=Cc1ccccc1. The largest absolute Gasteiger partial charge is 0.504 e. The van der Waals surface area contributed by atoms with Crippen LogP contribution in [0.3, 0.4) is 0 Å². The Hall–Kier alpha value is -2.48. The highest BCUT2D eigenvalue weighted by atomic mass is 16.5. The van der Waals surface area contributed by atoms with Crippen molar-refractivity contribution in [3.63, 3.8) is 0 Å². The van der Waals surface area contributed by atoms with E-state index in [1.807, 2.05) is 60.7 Å². The first-order valence-electron chi connectivity index (χ1n) is 6.31. The summed E-state index contributed by atoms with van der Waals surface area (Å²) in [5, 5.41) is 0. The van der Waals surface area contributed by atoms with E-state index in [0.717, 1.165) is 16.9 Å². The second kappa shape index (κ2) is 9.45. The zero-order valence-corrected chi connectivity index (χ0v) is 12.0. The molecular formula is C18H20O2. The Morgan fingerprint density at radius 3 is 2.10 bits per heavy atom. The molecule has 0 saturated heterocycles. The Balaban J connectivity index is 0.000000200. The average molecular weight is 268 g/mol. The van der Waals surface area contributed by atoms with E-state index in [1.54, 1.807) is 26.6 Å². The van der Waals surface area contributed by atoms with Gasteiger partial charge in [0.1, 0.15) is 5.75 Å². The van der Waals surface area contributed by atoms with E-state index in [2.05, 4.69) is 6.58 Å². The summed E-state index contributed by atoms with van der Waals surface area (Å²) in [5.74, 6) is 0.873. The van der Waals surface area contributed by atoms with Crippen molar-refractivity contribution < 1.29 is 9.47 Å². The van der Waals surface area contributed by atoms with Crippen LogP contribution in [0.5, 0.6) is 5.75 Å². The highest BCUT2D eigenvalue weighted by Crippen LogP contribution is 2.17. The number of hydrogen-bond acceptors (Lipinski definition) is 2. The molecule has 0 aliphatic carbocycles. The lowest BCUT2D eigenvalue weighted by Crippen LogP contribution is -1.84. The van der Waals surface area contributed by atoms with Gasteiger partial charge in [0.15, 0.2) is 0 Å². The Kier molecular flexibility index (Phi) is 7.36. The van der Waals surface area contributed by atoms with Crippen LogP contribution in [-0.2, 0) is 4.74 Å². The topological polar surface area (TPSA) is 18.5 Å². The van der Waals surface area contributed by atoms with E-state index in [0.29, 0.717) is 0 Å². The first-order chi connectivity index (χ1) is 9.81. The standard InChI is InChI=1S/2C9H10O/c1-10-8-7-9-5-3-2-4-6-9;1-3-8-6-4-5-7-9(8)10-2/h2-8H,1H3;3-7H,1H2,2H3. The zero-order chi connectivity index (χ0) is 14.6. The predicted molar refractivity (Wildman–Crippen MR) is 85.6 cm³/mol. The lowest BCUT2D eigenvalue weighted by Gasteiger charge is -2.01. The number of ether oxygens (including phenoxy) is 2. The molecule has 2 nitrogen and oxygen atoms in total. The van der Waals surface area contributed by atoms with Gasteiger partial charge in [-0.05, 0) is 17.7 Å². The van der Waals surface area contributed by atoms with Gasteiger partial charge in [-0.25, -0.2) is 0 Å². The van der Waals surface area contributed by atoms with Crippen LogP contribution in [0.4, 0.5) is 0 Å². The molecule has 20 heavy (non-hydrogen) atoms. The molecule has 0 aliphatic rings. The summed E-state index contributed by atoms with van der Waals surface area (Å²) in [6.45, 7) is 3.66. The minimum Gasteiger partial charge on any atom is -0.504 e. The van der Waals surface area contributed by atoms with Crippen molar-refractivity contribution in [2.24, 2.45) is 0 Å². The molecule has 0 N–H and O–H groups in total. The Labute approximate surface area is 121 Å². The maximum Gasteiger partial charge on any atom is 0.126 e. The number of rotatable bonds is 4. The van der Waals surface area contributed by atoms with Gasteiger partial charge in [0.25, 0.3) is 0 Å². The molecule has 104 valence electrons. The van der Waals surface area contributed by atoms with Crippen molar-refractivity contribution in [1.82, 2.24) is 0 Å². The molecule has 0 amide bonds. The lowest BCUT2D eigenvalue weighted by atomic mass is 10.2. The lowest BCUT2D eigenvalue weighted by molar-refractivity contribution is 0.341. The summed E-state index contributed by atoms with van der Waals surface area (Å²) in [7, 11) is 3.29. The van der Waals surface area contributed by atoms with Gasteiger partial charge < -0.3 is 9.47 Å². The number of methoxy groups -OCH3 is 2. The molecule has 0 saturated carbocycles. The van der Waals surface area contributed by atoms with Crippen molar-refractivity contribution in [3.05, 3.63) is 78.6 Å². The van der Waals surface area contributed by atoms with Gasteiger partial charge in [-0.3, -0.25) is 0 Å². The molecule has 0 heterocycles. The Morgan fingerprint density at radius 1 is 0.900 bits per heavy atom. The minimum atomic E-state index is 0.873. The number of para-hydroxylation sites is 1. The second-order valence-corrected chi connectivity index (χ2v) is 3.90. The van der Waals surface area contributed by atoms with E-state index in [9.17, 15) is 0 Å². The van der Waals surface area contributed by atoms with Gasteiger partial charge in [-0.2, -0.15) is 0 Å². The van der Waals surface area contributed by atoms with Gasteiger partial charge in [0, 0.05) is 5.56 Å². The molecule has 2 aromatic rings. The van der Waals surface area contributed by atoms with Crippen LogP contribution in [0.25, 0.3) is 12.2 Å². The summed E-state index contributed by atoms with van der Waals surface area (Å²) in [6.07, 6.45) is 5.36. The Morgan fingerprint density at radius 2 is 1.55 bits per heavy atom. The fourth-order valence-electron chi connectivity index (χ4n) is 1.55. The van der Waals surface area contributed by atoms with Crippen LogP contribution < -0.4 is 4.74 Å². The van der Waals surface area contributed by atoms with Crippen LogP contribution in [0, 0.1) is 0 Å². The van der Waals surface area contributed by atoms with Crippen LogP contribution in [0.15, 0.2) is 67.4 Å². The zero-order valence-electron chi connectivity index (χ0n) is 12.0. The molecule has 2 heteroatoms. The molecule has 0 aromatic heterocycles. The average Bonchev–Trinajstić information content (AvgIpc) is 2.54. The van der Waals surface area contributed by atoms with Crippen LogP contribution >= 0.6 is 0 Å². The second-order valence-electron chi connectivity index (χ2n) is 3.90. The van der Waals surface area contributed by atoms with Crippen molar-refractivity contribution >= 4 is 12.2 Å². The third-order valence-electron chi connectivity index (χ3n) is 2.55. The van der Waals surface area contributed by atoms with Crippen LogP contribution in [-0.4, -0.2) is 14.2 Å². The number of benzene rings is 2. The van der Waals surface area contributed by atoms with Gasteiger partial charge in [-0.1, -0.05) is 61.2 Å². The van der Waals surface area contributed by atoms with Crippen molar-refractivity contribution in [2.75, 3.05) is 14.2 Å². The highest BCUT2D eigenvalue weighted by molar-refractivity contribution is 5.55. The first-order valence-corrected chi connectivity index (χ1v) is 6.31. The number of hydrogen-bond donors (Lipinski definition) is 0. The molecule has 0 atom stereocenters. The third-order valence-corrected chi connectivity index (χ3v) is 2.55. The van der Waals surface area contributed by atoms with Gasteiger partial charge >= 0.3 is 0 Å². The van der Waals surface area contributed by atoms with Crippen molar-refractivity contribution in [2.45, 2.75) is 0 Å². The highest BCUT2D eigenvalue weighted by Gasteiger charge is 1.93. The van der Waals surface area contributed by atoms with Crippen LogP contribution in [0.1, 0.15) is 11.1 Å².